The first-order chi connectivity index (χ1) is 10.0. The highest BCUT2D eigenvalue weighted by Crippen LogP contribution is 2.56. The first-order valence-corrected chi connectivity index (χ1v) is 9.32. The van der Waals surface area contributed by atoms with E-state index in [1.165, 1.54) is 57.8 Å². The minimum absolute atomic E-state index is 0.130. The average molecular weight is 296 g/mol. The van der Waals surface area contributed by atoms with Crippen LogP contribution in [0.3, 0.4) is 0 Å². The molecule has 2 heteroatoms. The van der Waals surface area contributed by atoms with Gasteiger partial charge in [0.1, 0.15) is 6.10 Å². The maximum atomic E-state index is 9.47. The molecule has 4 unspecified atom stereocenters. The molecule has 0 spiro atoms. The Morgan fingerprint density at radius 2 is 1.71 bits per heavy atom. The fourth-order valence-corrected chi connectivity index (χ4v) is 5.23. The summed E-state index contributed by atoms with van der Waals surface area (Å²) in [5.41, 5.74) is 0.296. The van der Waals surface area contributed by atoms with Gasteiger partial charge in [0.15, 0.2) is 0 Å². The molecular weight excluding hydrogens is 260 g/mol. The minimum Gasteiger partial charge on any atom is -0.252 e. The molecule has 2 bridgehead atoms. The number of rotatable bonds is 4. The van der Waals surface area contributed by atoms with Crippen LogP contribution in [0, 0.1) is 29.1 Å². The van der Waals surface area contributed by atoms with Crippen LogP contribution < -0.4 is 0 Å². The van der Waals surface area contributed by atoms with Gasteiger partial charge in [0.2, 0.25) is 0 Å². The van der Waals surface area contributed by atoms with Crippen LogP contribution >= 0.6 is 0 Å². The van der Waals surface area contributed by atoms with Gasteiger partial charge in [-0.25, -0.2) is 4.89 Å². The lowest BCUT2D eigenvalue weighted by Crippen LogP contribution is -2.42. The molecule has 2 nitrogen and oxygen atoms in total. The average Bonchev–Trinajstić information content (AvgIpc) is 3.15. The molecule has 3 fully saturated rings. The lowest BCUT2D eigenvalue weighted by Gasteiger charge is -2.41. The van der Waals surface area contributed by atoms with Crippen molar-refractivity contribution < 1.29 is 10.1 Å². The van der Waals surface area contributed by atoms with Gasteiger partial charge in [-0.1, -0.05) is 47.0 Å². The molecule has 0 aliphatic heterocycles. The molecule has 3 aliphatic rings. The highest BCUT2D eigenvalue weighted by molar-refractivity contribution is 5.00. The van der Waals surface area contributed by atoms with Crippen molar-refractivity contribution in [2.24, 2.45) is 29.1 Å². The van der Waals surface area contributed by atoms with Gasteiger partial charge in [0.25, 0.3) is 0 Å². The molecule has 3 rings (SSSR count). The zero-order valence-corrected chi connectivity index (χ0v) is 14.6. The summed E-state index contributed by atoms with van der Waals surface area (Å²) in [5.74, 6) is 3.27. The van der Waals surface area contributed by atoms with Crippen molar-refractivity contribution in [2.45, 2.75) is 91.6 Å². The van der Waals surface area contributed by atoms with Crippen molar-refractivity contribution in [3.63, 3.8) is 0 Å². The first kappa shape index (κ1) is 17.3. The molecule has 0 saturated heterocycles. The van der Waals surface area contributed by atoms with E-state index in [1.54, 1.807) is 0 Å². The van der Waals surface area contributed by atoms with Crippen molar-refractivity contribution in [1.29, 1.82) is 0 Å². The van der Waals surface area contributed by atoms with E-state index in [0.29, 0.717) is 11.3 Å². The van der Waals surface area contributed by atoms with Gasteiger partial charge >= 0.3 is 0 Å². The number of hydrogen-bond acceptors (Lipinski definition) is 2. The summed E-state index contributed by atoms with van der Waals surface area (Å²) >= 11 is 0. The monoisotopic (exact) mass is 296 g/mol. The minimum atomic E-state index is 0.130. The molecule has 3 saturated carbocycles. The molecule has 0 aromatic carbocycles. The summed E-state index contributed by atoms with van der Waals surface area (Å²) in [5, 5.41) is 9.47. The third-order valence-corrected chi connectivity index (χ3v) is 6.20. The predicted octanol–water partition coefficient (Wildman–Crippen LogP) is 5.91. The summed E-state index contributed by atoms with van der Waals surface area (Å²) in [6.07, 6.45) is 12.0. The standard InChI is InChI=1S/C15H26O2.C4H10/c1-2-15(7-3-4-8-15)14(17-16)13-10-11-5-6-12(13)9-11;1-4(2)3/h11-14,16H,2-10H2,1H3;4H,1-3H3. The second-order valence-electron chi connectivity index (χ2n) is 8.52. The molecular formula is C19H36O2. The van der Waals surface area contributed by atoms with E-state index >= 15 is 0 Å². The molecule has 0 heterocycles. The lowest BCUT2D eigenvalue weighted by molar-refractivity contribution is -0.320. The van der Waals surface area contributed by atoms with Crippen LogP contribution in [0.5, 0.6) is 0 Å². The van der Waals surface area contributed by atoms with Gasteiger partial charge in [0, 0.05) is 0 Å². The molecule has 0 amide bonds. The van der Waals surface area contributed by atoms with Crippen LogP contribution in [0.1, 0.15) is 85.5 Å². The molecule has 0 radical (unpaired) electrons. The highest BCUT2D eigenvalue weighted by Gasteiger charge is 2.51. The second kappa shape index (κ2) is 7.46. The molecule has 4 atom stereocenters. The SMILES string of the molecule is CC(C)C.CCC1(C(OO)C2CC3CCC2C3)CCCC1. The third-order valence-electron chi connectivity index (χ3n) is 6.20. The predicted molar refractivity (Wildman–Crippen MR) is 88.1 cm³/mol. The fourth-order valence-electron chi connectivity index (χ4n) is 5.23. The van der Waals surface area contributed by atoms with Crippen LogP contribution in [0.4, 0.5) is 0 Å². The van der Waals surface area contributed by atoms with Gasteiger partial charge in [-0.15, -0.1) is 0 Å². The first-order valence-electron chi connectivity index (χ1n) is 9.32. The Morgan fingerprint density at radius 3 is 2.10 bits per heavy atom. The Balaban J connectivity index is 0.000000361. The van der Waals surface area contributed by atoms with Gasteiger partial charge in [-0.05, 0) is 67.6 Å². The molecule has 1 N–H and O–H groups in total. The van der Waals surface area contributed by atoms with E-state index in [2.05, 4.69) is 27.7 Å². The summed E-state index contributed by atoms with van der Waals surface area (Å²) < 4.78 is 0. The Morgan fingerprint density at radius 1 is 1.10 bits per heavy atom. The van der Waals surface area contributed by atoms with Crippen LogP contribution in [0.15, 0.2) is 0 Å². The summed E-state index contributed by atoms with van der Waals surface area (Å²) in [7, 11) is 0. The Bertz CT molecular complexity index is 304. The summed E-state index contributed by atoms with van der Waals surface area (Å²) in [4.78, 5) is 5.07. The van der Waals surface area contributed by atoms with Crippen molar-refractivity contribution in [2.75, 3.05) is 0 Å². The zero-order valence-electron chi connectivity index (χ0n) is 14.6. The third kappa shape index (κ3) is 3.82. The zero-order chi connectivity index (χ0) is 15.5. The maximum Gasteiger partial charge on any atom is 0.101 e. The summed E-state index contributed by atoms with van der Waals surface area (Å²) in [6.45, 7) is 8.78. The van der Waals surface area contributed by atoms with Gasteiger partial charge < -0.3 is 0 Å². The highest BCUT2D eigenvalue weighted by atomic mass is 17.1. The van der Waals surface area contributed by atoms with Crippen LogP contribution in [-0.2, 0) is 4.89 Å². The van der Waals surface area contributed by atoms with E-state index in [9.17, 15) is 5.26 Å². The van der Waals surface area contributed by atoms with Gasteiger partial charge in [-0.2, -0.15) is 0 Å². The van der Waals surface area contributed by atoms with Crippen LogP contribution in [0.2, 0.25) is 0 Å². The maximum absolute atomic E-state index is 9.47. The van der Waals surface area contributed by atoms with Gasteiger partial charge in [0.05, 0.1) is 0 Å². The second-order valence-corrected chi connectivity index (χ2v) is 8.52. The van der Waals surface area contributed by atoms with E-state index in [-0.39, 0.29) is 6.10 Å². The van der Waals surface area contributed by atoms with E-state index < -0.39 is 0 Å². The fraction of sp³-hybridized carbons (Fsp3) is 1.00. The van der Waals surface area contributed by atoms with E-state index in [0.717, 1.165) is 17.8 Å². The largest absolute Gasteiger partial charge is 0.252 e. The molecule has 0 aromatic rings. The van der Waals surface area contributed by atoms with Crippen LogP contribution in [-0.4, -0.2) is 11.4 Å². The van der Waals surface area contributed by atoms with Crippen LogP contribution in [0.25, 0.3) is 0 Å². The smallest absolute Gasteiger partial charge is 0.101 e. The molecule has 21 heavy (non-hydrogen) atoms. The van der Waals surface area contributed by atoms with Crippen molar-refractivity contribution in [3.8, 4) is 0 Å². The number of fused-ring (bicyclic) bond motifs is 2. The Hall–Kier alpha value is -0.0800. The number of hydrogen-bond donors (Lipinski definition) is 1. The van der Waals surface area contributed by atoms with Crippen molar-refractivity contribution in [1.82, 2.24) is 0 Å². The summed E-state index contributed by atoms with van der Waals surface area (Å²) in [6, 6.07) is 0. The quantitative estimate of drug-likeness (QED) is 0.516. The molecule has 0 aromatic heterocycles. The van der Waals surface area contributed by atoms with E-state index in [4.69, 9.17) is 4.89 Å². The topological polar surface area (TPSA) is 29.5 Å². The Kier molecular flexibility index (Phi) is 6.14. The van der Waals surface area contributed by atoms with E-state index in [1.807, 2.05) is 0 Å². The van der Waals surface area contributed by atoms with Crippen molar-refractivity contribution >= 4 is 0 Å². The molecule has 124 valence electrons. The Labute approximate surface area is 131 Å². The lowest BCUT2D eigenvalue weighted by atomic mass is 9.69. The molecule has 3 aliphatic carbocycles. The van der Waals surface area contributed by atoms with Crippen molar-refractivity contribution in [3.05, 3.63) is 0 Å². The van der Waals surface area contributed by atoms with Gasteiger partial charge in [-0.3, -0.25) is 5.26 Å². The normalized spacial score (nSPS) is 34.9.